The van der Waals surface area contributed by atoms with Crippen LogP contribution in [-0.4, -0.2) is 27.4 Å². The van der Waals surface area contributed by atoms with Crippen LogP contribution in [0.1, 0.15) is 38.9 Å². The zero-order valence-electron chi connectivity index (χ0n) is 17.1. The molecule has 152 valence electrons. The smallest absolute Gasteiger partial charge is 0.119 e. The number of phenolic OH excluding ortho intramolecular Hbond substituents is 1. The Morgan fingerprint density at radius 3 is 2.07 bits per heavy atom. The van der Waals surface area contributed by atoms with Gasteiger partial charge in [0, 0.05) is 12.6 Å². The van der Waals surface area contributed by atoms with Crippen molar-refractivity contribution in [1.29, 1.82) is 0 Å². The zero-order chi connectivity index (χ0) is 21.0. The summed E-state index contributed by atoms with van der Waals surface area (Å²) in [4.78, 5) is 19.1. The molecule has 0 radical (unpaired) electrons. The van der Waals surface area contributed by atoms with Gasteiger partial charge in [-0.25, -0.2) is 0 Å². The second-order valence-corrected chi connectivity index (χ2v) is 10.1. The van der Waals surface area contributed by atoms with Crippen molar-refractivity contribution in [3.63, 3.8) is 0 Å². The summed E-state index contributed by atoms with van der Waals surface area (Å²) in [6.45, 7) is 4.20. The van der Waals surface area contributed by atoms with E-state index in [-0.39, 0.29) is 0 Å². The maximum Gasteiger partial charge on any atom is 0.119 e. The van der Waals surface area contributed by atoms with Crippen molar-refractivity contribution in [1.82, 2.24) is 0 Å². The molecule has 0 bridgehead atoms. The second-order valence-electron chi connectivity index (χ2n) is 7.86. The van der Waals surface area contributed by atoms with Crippen LogP contribution in [0.15, 0.2) is 60.7 Å². The minimum Gasteiger partial charge on any atom is -0.508 e. The van der Waals surface area contributed by atoms with Crippen molar-refractivity contribution in [3.05, 3.63) is 99.6 Å². The van der Waals surface area contributed by atoms with Gasteiger partial charge in [-0.05, 0) is 71.7 Å². The molecule has 0 aliphatic carbocycles. The summed E-state index contributed by atoms with van der Waals surface area (Å²) >= 11 is 0. The Morgan fingerprint density at radius 2 is 1.45 bits per heavy atom. The van der Waals surface area contributed by atoms with Gasteiger partial charge in [0.05, 0.1) is 0 Å². The van der Waals surface area contributed by atoms with Gasteiger partial charge in [0.25, 0.3) is 0 Å². The van der Waals surface area contributed by atoms with Gasteiger partial charge in [-0.15, -0.1) is 0 Å². The molecule has 4 heteroatoms. The van der Waals surface area contributed by atoms with E-state index in [9.17, 15) is 14.9 Å². The van der Waals surface area contributed by atoms with Crippen LogP contribution >= 0.6 is 7.34 Å². The Kier molecular flexibility index (Phi) is 6.64. The summed E-state index contributed by atoms with van der Waals surface area (Å²) < 4.78 is 0. The predicted molar refractivity (Wildman–Crippen MR) is 123 cm³/mol. The van der Waals surface area contributed by atoms with Crippen LogP contribution in [-0.2, 0) is 19.3 Å². The SMILES string of the molecule is C=P(O)(O)CCc1cc(C)c(Cc2ccc(O)c(Cc3ccccc3)c2)c(C)c1. The molecule has 3 N–H and O–H groups in total. The van der Waals surface area contributed by atoms with Gasteiger partial charge >= 0.3 is 0 Å². The lowest BCUT2D eigenvalue weighted by atomic mass is 9.92. The monoisotopic (exact) mass is 408 g/mol. The molecule has 0 heterocycles. The Hall–Kier alpha value is -2.32. The highest BCUT2D eigenvalue weighted by atomic mass is 31.2. The highest BCUT2D eigenvalue weighted by Crippen LogP contribution is 2.34. The molecule has 29 heavy (non-hydrogen) atoms. The van der Waals surface area contributed by atoms with Crippen LogP contribution in [0.2, 0.25) is 0 Å². The van der Waals surface area contributed by atoms with Gasteiger partial charge in [-0.2, -0.15) is 0 Å². The molecule has 3 rings (SSSR count). The summed E-state index contributed by atoms with van der Waals surface area (Å²) in [7, 11) is -2.99. The number of hydrogen-bond acceptors (Lipinski definition) is 3. The third kappa shape index (κ3) is 6.08. The number of hydrogen-bond donors (Lipinski definition) is 3. The highest BCUT2D eigenvalue weighted by molar-refractivity contribution is 7.62. The molecule has 3 aromatic rings. The van der Waals surface area contributed by atoms with E-state index in [1.807, 2.05) is 24.3 Å². The summed E-state index contributed by atoms with van der Waals surface area (Å²) in [6, 6.07) is 20.3. The second kappa shape index (κ2) is 9.00. The van der Waals surface area contributed by atoms with Crippen molar-refractivity contribution in [3.8, 4) is 5.75 Å². The number of aryl methyl sites for hydroxylation is 3. The van der Waals surface area contributed by atoms with E-state index in [0.717, 1.165) is 17.5 Å². The van der Waals surface area contributed by atoms with Gasteiger partial charge in [-0.1, -0.05) is 60.9 Å². The number of phenols is 1. The standard InChI is InChI=1S/C25H29O3P/c1-18-13-22(11-12-29(3,27)28)14-19(2)24(18)17-21-9-10-25(26)23(16-21)15-20-7-5-4-6-8-20/h4-10,13-14,16,26-28H,3,11-12,15,17H2,1-2H3. The molecular formula is C25H29O3P. The van der Waals surface area contributed by atoms with Crippen LogP contribution in [0.3, 0.4) is 0 Å². The molecule has 0 aliphatic rings. The fourth-order valence-corrected chi connectivity index (χ4v) is 4.34. The van der Waals surface area contributed by atoms with E-state index in [4.69, 9.17) is 0 Å². The molecule has 0 spiro atoms. The first-order chi connectivity index (χ1) is 13.7. The lowest BCUT2D eigenvalue weighted by molar-refractivity contribution is 0.469. The van der Waals surface area contributed by atoms with Crippen LogP contribution < -0.4 is 0 Å². The quantitative estimate of drug-likeness (QED) is 0.482. The molecular weight excluding hydrogens is 379 g/mol. The van der Waals surface area contributed by atoms with E-state index in [2.05, 4.69) is 50.5 Å². The summed E-state index contributed by atoms with van der Waals surface area (Å²) in [5.41, 5.74) is 8.05. The molecule has 0 aromatic heterocycles. The highest BCUT2D eigenvalue weighted by Gasteiger charge is 2.11. The largest absolute Gasteiger partial charge is 0.508 e. The van der Waals surface area contributed by atoms with E-state index in [0.29, 0.717) is 24.8 Å². The average Bonchev–Trinajstić information content (AvgIpc) is 2.66. The fraction of sp³-hybridized carbons (Fsp3) is 0.240. The van der Waals surface area contributed by atoms with Crippen LogP contribution in [0.25, 0.3) is 0 Å². The van der Waals surface area contributed by atoms with Crippen molar-refractivity contribution in [2.45, 2.75) is 33.1 Å². The van der Waals surface area contributed by atoms with E-state index < -0.39 is 7.34 Å². The first-order valence-electron chi connectivity index (χ1n) is 9.83. The Balaban J connectivity index is 1.81. The Labute approximate surface area is 173 Å². The zero-order valence-corrected chi connectivity index (χ0v) is 18.0. The minimum atomic E-state index is -2.99. The van der Waals surface area contributed by atoms with Gasteiger partial charge < -0.3 is 14.9 Å². The van der Waals surface area contributed by atoms with Crippen molar-refractivity contribution in [2.24, 2.45) is 0 Å². The van der Waals surface area contributed by atoms with Crippen LogP contribution in [0, 0.1) is 13.8 Å². The van der Waals surface area contributed by atoms with E-state index in [1.165, 1.54) is 27.8 Å². The summed E-state index contributed by atoms with van der Waals surface area (Å²) in [5, 5.41) is 10.3. The minimum absolute atomic E-state index is 0.312. The predicted octanol–water partition coefficient (Wildman–Crippen LogP) is 5.00. The lowest BCUT2D eigenvalue weighted by Crippen LogP contribution is -2.01. The molecule has 3 aromatic carbocycles. The number of aromatic hydroxyl groups is 1. The molecule has 3 nitrogen and oxygen atoms in total. The summed E-state index contributed by atoms with van der Waals surface area (Å²) in [6.07, 6.45) is 5.88. The van der Waals surface area contributed by atoms with Crippen molar-refractivity contribution in [2.75, 3.05) is 6.16 Å². The Bertz CT molecular complexity index is 1010. The molecule has 0 fully saturated rings. The van der Waals surface area contributed by atoms with Gasteiger partial charge in [0.2, 0.25) is 0 Å². The van der Waals surface area contributed by atoms with E-state index in [1.54, 1.807) is 6.07 Å². The molecule has 0 saturated carbocycles. The molecule has 0 unspecified atom stereocenters. The van der Waals surface area contributed by atoms with Gasteiger partial charge in [0.15, 0.2) is 0 Å². The lowest BCUT2D eigenvalue weighted by Gasteiger charge is -2.15. The third-order valence-corrected chi connectivity index (χ3v) is 6.22. The number of rotatable bonds is 7. The molecule has 0 amide bonds. The normalized spacial score (nSPS) is 11.6. The molecule has 0 saturated heterocycles. The summed E-state index contributed by atoms with van der Waals surface area (Å²) in [5.74, 6) is 0.328. The van der Waals surface area contributed by atoms with Crippen molar-refractivity contribution < 1.29 is 14.9 Å². The third-order valence-electron chi connectivity index (χ3n) is 5.28. The fourth-order valence-electron chi connectivity index (χ4n) is 3.72. The maximum absolute atomic E-state index is 10.3. The molecule has 0 atom stereocenters. The van der Waals surface area contributed by atoms with Crippen molar-refractivity contribution >= 4 is 13.6 Å². The maximum atomic E-state index is 10.3. The Morgan fingerprint density at radius 1 is 0.793 bits per heavy atom. The van der Waals surface area contributed by atoms with Crippen LogP contribution in [0.4, 0.5) is 0 Å². The topological polar surface area (TPSA) is 60.7 Å². The van der Waals surface area contributed by atoms with Gasteiger partial charge in [0.1, 0.15) is 13.1 Å². The molecule has 0 aliphatic heterocycles. The van der Waals surface area contributed by atoms with Gasteiger partial charge in [-0.3, -0.25) is 0 Å². The average molecular weight is 408 g/mol. The van der Waals surface area contributed by atoms with E-state index >= 15 is 0 Å². The number of benzene rings is 3. The first kappa shape index (κ1) is 21.4. The first-order valence-corrected chi connectivity index (χ1v) is 11.9. The van der Waals surface area contributed by atoms with Crippen LogP contribution in [0.5, 0.6) is 5.75 Å².